The predicted molar refractivity (Wildman–Crippen MR) is 106 cm³/mol. The first-order valence-corrected chi connectivity index (χ1v) is 8.65. The molecule has 1 aliphatic rings. The summed E-state index contributed by atoms with van der Waals surface area (Å²) >= 11 is 0. The van der Waals surface area contributed by atoms with E-state index in [-0.39, 0.29) is 28.9 Å². The van der Waals surface area contributed by atoms with Crippen molar-refractivity contribution in [2.45, 2.75) is 0 Å². The topological polar surface area (TPSA) is 158 Å². The highest BCUT2D eigenvalue weighted by Crippen LogP contribution is 2.35. The third-order valence-electron chi connectivity index (χ3n) is 4.44. The van der Waals surface area contributed by atoms with Crippen LogP contribution in [-0.4, -0.2) is 44.6 Å². The summed E-state index contributed by atoms with van der Waals surface area (Å²) in [6, 6.07) is 7.45. The number of carboxylic acid groups (broad SMARTS) is 2. The van der Waals surface area contributed by atoms with Crippen LogP contribution >= 0.6 is 0 Å². The molecule has 0 spiro atoms. The van der Waals surface area contributed by atoms with Gasteiger partial charge in [-0.1, -0.05) is 18.2 Å². The number of carbonyl (C=O) groups is 4. The van der Waals surface area contributed by atoms with E-state index in [0.29, 0.717) is 5.57 Å². The summed E-state index contributed by atoms with van der Waals surface area (Å²) < 4.78 is 4.69. The van der Waals surface area contributed by atoms with Gasteiger partial charge in [-0.2, -0.15) is 0 Å². The zero-order valence-electron chi connectivity index (χ0n) is 15.6. The van der Waals surface area contributed by atoms with Crippen molar-refractivity contribution < 1.29 is 44.3 Å². The minimum Gasteiger partial charge on any atom is -0.507 e. The van der Waals surface area contributed by atoms with Gasteiger partial charge in [0.25, 0.3) is 6.47 Å². The van der Waals surface area contributed by atoms with Crippen molar-refractivity contribution in [1.29, 1.82) is 0 Å². The van der Waals surface area contributed by atoms with Crippen LogP contribution in [0.2, 0.25) is 0 Å². The van der Waals surface area contributed by atoms with Crippen LogP contribution in [-0.2, 0) is 14.3 Å². The smallest absolute Gasteiger partial charge is 0.339 e. The van der Waals surface area contributed by atoms with Crippen LogP contribution < -0.4 is 0 Å². The van der Waals surface area contributed by atoms with Crippen molar-refractivity contribution in [3.8, 4) is 11.5 Å². The fourth-order valence-corrected chi connectivity index (χ4v) is 3.03. The van der Waals surface area contributed by atoms with Crippen molar-refractivity contribution in [3.63, 3.8) is 0 Å². The molecule has 9 nitrogen and oxygen atoms in total. The van der Waals surface area contributed by atoms with Gasteiger partial charge in [-0.15, -0.1) is 0 Å². The minimum atomic E-state index is -1.39. The van der Waals surface area contributed by atoms with E-state index in [1.54, 1.807) is 0 Å². The summed E-state index contributed by atoms with van der Waals surface area (Å²) in [5.41, 5.74) is 0.260. The number of hydrogen-bond acceptors (Lipinski definition) is 7. The number of hydrogen-bond donors (Lipinski definition) is 4. The lowest BCUT2D eigenvalue weighted by molar-refractivity contribution is -0.129. The first-order valence-electron chi connectivity index (χ1n) is 8.65. The van der Waals surface area contributed by atoms with E-state index in [2.05, 4.69) is 4.74 Å². The quantitative estimate of drug-likeness (QED) is 0.513. The van der Waals surface area contributed by atoms with E-state index < -0.39 is 40.3 Å². The Labute approximate surface area is 174 Å². The summed E-state index contributed by atoms with van der Waals surface area (Å²) in [6.07, 6.45) is 3.76. The molecule has 2 aromatic carbocycles. The van der Waals surface area contributed by atoms with E-state index in [0.717, 1.165) is 18.2 Å². The fraction of sp³-hybridized carbons (Fsp3) is 0. The Kier molecular flexibility index (Phi) is 5.69. The van der Waals surface area contributed by atoms with Gasteiger partial charge in [0.05, 0.1) is 0 Å². The molecule has 2 aromatic rings. The third-order valence-corrected chi connectivity index (χ3v) is 4.44. The first-order chi connectivity index (χ1) is 14.7. The second-order valence-electron chi connectivity index (χ2n) is 6.32. The highest BCUT2D eigenvalue weighted by Gasteiger charge is 2.21. The third kappa shape index (κ3) is 4.20. The van der Waals surface area contributed by atoms with Gasteiger partial charge < -0.3 is 25.2 Å². The normalized spacial score (nSPS) is 12.8. The van der Waals surface area contributed by atoms with E-state index in [9.17, 15) is 39.6 Å². The molecule has 0 atom stereocenters. The van der Waals surface area contributed by atoms with E-state index in [1.807, 2.05) is 0 Å². The molecule has 0 amide bonds. The van der Waals surface area contributed by atoms with Crippen molar-refractivity contribution in [2.75, 3.05) is 0 Å². The van der Waals surface area contributed by atoms with Crippen LogP contribution in [0.4, 0.5) is 0 Å². The molecule has 0 bridgehead atoms. The van der Waals surface area contributed by atoms with Gasteiger partial charge in [0.1, 0.15) is 22.6 Å². The molecule has 0 saturated heterocycles. The number of benzene rings is 2. The predicted octanol–water partition coefficient (Wildman–Crippen LogP) is 2.49. The molecule has 156 valence electrons. The van der Waals surface area contributed by atoms with Gasteiger partial charge in [-0.3, -0.25) is 9.59 Å². The van der Waals surface area contributed by atoms with Crippen molar-refractivity contribution in [2.24, 2.45) is 0 Å². The standard InChI is InChI=1S/C22H14O9/c23-10-31-19-9-13(3-6-18(19)26)20(11-1-4-16(24)14(7-11)21(27)28)12-2-5-17(25)15(8-12)22(29)30/h1-10,24-25H,(H,27,28)(H,29,30). The van der Waals surface area contributed by atoms with Crippen molar-refractivity contribution in [3.05, 3.63) is 88.2 Å². The number of ketones is 1. The maximum atomic E-state index is 11.9. The summed E-state index contributed by atoms with van der Waals surface area (Å²) in [7, 11) is 0. The fourth-order valence-electron chi connectivity index (χ4n) is 3.03. The lowest BCUT2D eigenvalue weighted by Gasteiger charge is -2.16. The second-order valence-corrected chi connectivity index (χ2v) is 6.32. The summed E-state index contributed by atoms with van der Waals surface area (Å²) in [5.74, 6) is -4.62. The van der Waals surface area contributed by atoms with Gasteiger partial charge >= 0.3 is 11.9 Å². The molecular formula is C22H14O9. The number of phenols is 2. The molecule has 0 aromatic heterocycles. The van der Waals surface area contributed by atoms with Crippen LogP contribution in [0, 0.1) is 0 Å². The van der Waals surface area contributed by atoms with Gasteiger partial charge in [0, 0.05) is 0 Å². The number of carbonyl (C=O) groups excluding carboxylic acids is 2. The SMILES string of the molecule is O=COC1=CC(=C(c2ccc(O)c(C(=O)O)c2)c2ccc(O)c(C(=O)O)c2)C=CC1=O. The molecule has 0 aliphatic heterocycles. The molecule has 0 fully saturated rings. The lowest BCUT2D eigenvalue weighted by atomic mass is 9.88. The highest BCUT2D eigenvalue weighted by atomic mass is 16.5. The Morgan fingerprint density at radius 2 is 1.35 bits per heavy atom. The maximum absolute atomic E-state index is 11.9. The summed E-state index contributed by atoms with van der Waals surface area (Å²) in [6.45, 7) is 0.0758. The molecule has 3 rings (SSSR count). The average Bonchev–Trinajstić information content (AvgIpc) is 2.72. The molecule has 0 radical (unpaired) electrons. The Balaban J connectivity index is 2.35. The molecule has 1 aliphatic carbocycles. The lowest BCUT2D eigenvalue weighted by Crippen LogP contribution is -2.08. The second kappa shape index (κ2) is 8.37. The van der Waals surface area contributed by atoms with E-state index in [1.165, 1.54) is 36.4 Å². The number of rotatable bonds is 6. The van der Waals surface area contributed by atoms with Gasteiger partial charge in [0.15, 0.2) is 5.76 Å². The Hall–Kier alpha value is -4.66. The minimum absolute atomic E-state index is 0.0758. The molecule has 0 unspecified atom stereocenters. The summed E-state index contributed by atoms with van der Waals surface area (Å²) in [5, 5.41) is 38.3. The number of aromatic carboxylic acids is 2. The van der Waals surface area contributed by atoms with E-state index in [4.69, 9.17) is 0 Å². The van der Waals surface area contributed by atoms with Gasteiger partial charge in [-0.25, -0.2) is 9.59 Å². The number of aromatic hydroxyl groups is 2. The highest BCUT2D eigenvalue weighted by molar-refractivity contribution is 6.07. The van der Waals surface area contributed by atoms with Crippen LogP contribution in [0.15, 0.2) is 66.0 Å². The zero-order chi connectivity index (χ0) is 22.7. The maximum Gasteiger partial charge on any atom is 0.339 e. The van der Waals surface area contributed by atoms with Crippen molar-refractivity contribution >= 4 is 29.8 Å². The van der Waals surface area contributed by atoms with Gasteiger partial charge in [0.2, 0.25) is 5.78 Å². The summed E-state index contributed by atoms with van der Waals surface area (Å²) in [4.78, 5) is 45.5. The van der Waals surface area contributed by atoms with Crippen LogP contribution in [0.25, 0.3) is 5.57 Å². The number of allylic oxidation sites excluding steroid dienone is 4. The Morgan fingerprint density at radius 1 is 0.839 bits per heavy atom. The largest absolute Gasteiger partial charge is 0.507 e. The number of carboxylic acids is 2. The van der Waals surface area contributed by atoms with E-state index >= 15 is 0 Å². The molecular weight excluding hydrogens is 408 g/mol. The molecule has 4 N–H and O–H groups in total. The monoisotopic (exact) mass is 422 g/mol. The van der Waals surface area contributed by atoms with Crippen LogP contribution in [0.1, 0.15) is 31.8 Å². The molecule has 31 heavy (non-hydrogen) atoms. The van der Waals surface area contributed by atoms with Crippen molar-refractivity contribution in [1.82, 2.24) is 0 Å². The van der Waals surface area contributed by atoms with Gasteiger partial charge in [-0.05, 0) is 58.7 Å². The van der Waals surface area contributed by atoms with Crippen LogP contribution in [0.5, 0.6) is 11.5 Å². The average molecular weight is 422 g/mol. The first kappa shape index (κ1) is 21.1. The molecule has 9 heteroatoms. The Morgan fingerprint density at radius 3 is 1.81 bits per heavy atom. The Bertz CT molecular complexity index is 1150. The number of ether oxygens (including phenoxy) is 1. The zero-order valence-corrected chi connectivity index (χ0v) is 15.6. The molecule has 0 heterocycles. The molecule has 0 saturated carbocycles. The van der Waals surface area contributed by atoms with Crippen LogP contribution in [0.3, 0.4) is 0 Å².